The summed E-state index contributed by atoms with van der Waals surface area (Å²) < 4.78 is 3.46. The van der Waals surface area contributed by atoms with Crippen molar-refractivity contribution in [2.24, 2.45) is 25.9 Å². The quantitative estimate of drug-likeness (QED) is 0.119. The average molecular weight is 690 g/mol. The minimum Gasteiger partial charge on any atom is -0.391 e. The van der Waals surface area contributed by atoms with Gasteiger partial charge in [0.1, 0.15) is 0 Å². The van der Waals surface area contributed by atoms with Crippen LogP contribution in [0.2, 0.25) is 0 Å². The smallest absolute Gasteiger partial charge is 0.259 e. The van der Waals surface area contributed by atoms with Crippen LogP contribution in [0.1, 0.15) is 95.1 Å². The van der Waals surface area contributed by atoms with Gasteiger partial charge in [-0.2, -0.15) is 0 Å². The molecule has 2 atom stereocenters. The molecule has 0 amide bonds. The fourth-order valence-electron chi connectivity index (χ4n) is 6.78. The molecule has 0 bridgehead atoms. The minimum absolute atomic E-state index is 0.0312. The lowest BCUT2D eigenvalue weighted by molar-refractivity contribution is 0.449. The number of rotatable bonds is 15. The Morgan fingerprint density at radius 3 is 1.68 bits per heavy atom. The molecule has 0 aromatic carbocycles. The van der Waals surface area contributed by atoms with Crippen molar-refractivity contribution in [3.05, 3.63) is 73.1 Å². The van der Waals surface area contributed by atoms with Gasteiger partial charge < -0.3 is 14.9 Å². The molecule has 0 fully saturated rings. The molecule has 252 valence electrons. The maximum Gasteiger partial charge on any atom is 0.259 e. The highest BCUT2D eigenvalue weighted by Crippen LogP contribution is 2.43. The Balaban J connectivity index is 1.58. The largest absolute Gasteiger partial charge is 0.391 e. The molecule has 5 rings (SSSR count). The fraction of sp³-hybridized carbons (Fsp3) is 0.487. The molecule has 0 aliphatic heterocycles. The Hall–Kier alpha value is -2.94. The second kappa shape index (κ2) is 15.5. The maximum absolute atomic E-state index is 14.1. The zero-order chi connectivity index (χ0) is 33.8. The van der Waals surface area contributed by atoms with Gasteiger partial charge in [0, 0.05) is 38.5 Å². The van der Waals surface area contributed by atoms with Crippen LogP contribution < -0.4 is 16.9 Å². The molecule has 8 heteroatoms. The van der Waals surface area contributed by atoms with Crippen molar-refractivity contribution in [1.29, 1.82) is 0 Å². The van der Waals surface area contributed by atoms with Gasteiger partial charge in [-0.15, -0.1) is 34.0 Å². The molecule has 0 saturated heterocycles. The molecule has 0 aliphatic carbocycles. The summed E-state index contributed by atoms with van der Waals surface area (Å²) in [6, 6.07) is 12.4. The van der Waals surface area contributed by atoms with Gasteiger partial charge >= 0.3 is 0 Å². The molecule has 5 heterocycles. The first kappa shape index (κ1) is 35.4. The molecule has 5 aromatic heterocycles. The number of nitrogens with zero attached hydrogens (tertiary/aromatic N) is 2. The second-order valence-corrected chi connectivity index (χ2v) is 16.6. The highest BCUT2D eigenvalue weighted by Gasteiger charge is 2.22. The van der Waals surface area contributed by atoms with Crippen LogP contribution in [-0.4, -0.2) is 9.13 Å². The van der Waals surface area contributed by atoms with E-state index in [9.17, 15) is 9.59 Å². The predicted octanol–water partition coefficient (Wildman–Crippen LogP) is 10.8. The Bertz CT molecular complexity index is 1950. The Morgan fingerprint density at radius 1 is 0.681 bits per heavy atom. The first-order valence-electron chi connectivity index (χ1n) is 17.4. The SMILES string of the molecule is CCCCC(CC)Cc1cc(-c2cc3c(cc(-c4cc(CC(CC)CCCC)c(-c5ccc(N)s5)s4)c(=O)n3C)n(C)c2=O)sc1C. The highest BCUT2D eigenvalue weighted by molar-refractivity contribution is 7.25. The van der Waals surface area contributed by atoms with Crippen molar-refractivity contribution in [1.82, 2.24) is 9.13 Å². The molecule has 5 nitrogen and oxygen atoms in total. The minimum atomic E-state index is -0.0464. The van der Waals surface area contributed by atoms with Gasteiger partial charge in [0.2, 0.25) is 0 Å². The monoisotopic (exact) mass is 689 g/mol. The Kier molecular flexibility index (Phi) is 11.7. The first-order valence-corrected chi connectivity index (χ1v) is 19.9. The van der Waals surface area contributed by atoms with E-state index in [0.29, 0.717) is 23.0 Å². The van der Waals surface area contributed by atoms with Crippen LogP contribution in [0, 0.1) is 18.8 Å². The summed E-state index contributed by atoms with van der Waals surface area (Å²) >= 11 is 4.96. The van der Waals surface area contributed by atoms with E-state index in [-0.39, 0.29) is 11.1 Å². The number of aromatic nitrogens is 2. The van der Waals surface area contributed by atoms with Crippen LogP contribution in [0.3, 0.4) is 0 Å². The van der Waals surface area contributed by atoms with Crippen molar-refractivity contribution < 1.29 is 0 Å². The maximum atomic E-state index is 14.1. The van der Waals surface area contributed by atoms with Crippen LogP contribution in [0.15, 0.2) is 46.0 Å². The van der Waals surface area contributed by atoms with Gasteiger partial charge in [-0.05, 0) is 79.1 Å². The van der Waals surface area contributed by atoms with Crippen LogP contribution in [-0.2, 0) is 26.9 Å². The van der Waals surface area contributed by atoms with Gasteiger partial charge in [0.05, 0.1) is 27.2 Å². The third kappa shape index (κ3) is 7.55. The second-order valence-electron chi connectivity index (χ2n) is 13.2. The summed E-state index contributed by atoms with van der Waals surface area (Å²) in [5.41, 5.74) is 11.5. The number of anilines is 1. The van der Waals surface area contributed by atoms with E-state index in [2.05, 4.69) is 52.8 Å². The number of nitrogens with two attached hydrogens (primary N) is 1. The van der Waals surface area contributed by atoms with Gasteiger partial charge in [0.15, 0.2) is 0 Å². The summed E-state index contributed by atoms with van der Waals surface area (Å²) in [4.78, 5) is 33.6. The van der Waals surface area contributed by atoms with Crippen molar-refractivity contribution >= 4 is 50.0 Å². The van der Waals surface area contributed by atoms with Crippen LogP contribution in [0.5, 0.6) is 0 Å². The summed E-state index contributed by atoms with van der Waals surface area (Å²) in [6.45, 7) is 11.2. The van der Waals surface area contributed by atoms with Crippen LogP contribution >= 0.6 is 34.0 Å². The van der Waals surface area contributed by atoms with E-state index in [4.69, 9.17) is 5.73 Å². The Labute approximate surface area is 292 Å². The van der Waals surface area contributed by atoms with Gasteiger partial charge in [-0.25, -0.2) is 0 Å². The lowest BCUT2D eigenvalue weighted by Crippen LogP contribution is -2.24. The van der Waals surface area contributed by atoms with E-state index < -0.39 is 0 Å². The number of hydrogen-bond donors (Lipinski definition) is 1. The summed E-state index contributed by atoms with van der Waals surface area (Å²) in [7, 11) is 3.67. The summed E-state index contributed by atoms with van der Waals surface area (Å²) in [5.74, 6) is 1.26. The van der Waals surface area contributed by atoms with E-state index in [0.717, 1.165) is 49.9 Å². The normalized spacial score (nSPS) is 13.1. The molecule has 47 heavy (non-hydrogen) atoms. The molecule has 2 unspecified atom stereocenters. The molecular weight excluding hydrogens is 639 g/mol. The molecule has 2 N–H and O–H groups in total. The molecule has 5 aromatic rings. The van der Waals surface area contributed by atoms with Gasteiger partial charge in [-0.3, -0.25) is 9.59 Å². The number of nitrogen functional groups attached to an aromatic ring is 1. The number of pyridine rings is 2. The van der Waals surface area contributed by atoms with Crippen molar-refractivity contribution in [3.63, 3.8) is 0 Å². The average Bonchev–Trinajstić information content (AvgIpc) is 3.78. The molecular formula is C39H51N3O2S3. The molecule has 0 saturated carbocycles. The molecule has 0 radical (unpaired) electrons. The predicted molar refractivity (Wildman–Crippen MR) is 208 cm³/mol. The highest BCUT2D eigenvalue weighted by atomic mass is 32.1. The van der Waals surface area contributed by atoms with Crippen LogP contribution in [0.25, 0.3) is 41.7 Å². The number of aryl methyl sites for hydroxylation is 3. The third-order valence-electron chi connectivity index (χ3n) is 9.93. The number of unbranched alkanes of at least 4 members (excludes halogenated alkanes) is 2. The van der Waals surface area contributed by atoms with Gasteiger partial charge in [-0.1, -0.05) is 79.1 Å². The zero-order valence-corrected chi connectivity index (χ0v) is 31.7. The fourth-order valence-corrected chi connectivity index (χ4v) is 9.96. The van der Waals surface area contributed by atoms with E-state index in [1.807, 2.05) is 32.3 Å². The van der Waals surface area contributed by atoms with Crippen LogP contribution in [0.4, 0.5) is 5.00 Å². The number of thiophene rings is 3. The first-order chi connectivity index (χ1) is 22.6. The zero-order valence-electron chi connectivity index (χ0n) is 29.2. The van der Waals surface area contributed by atoms with E-state index in [1.165, 1.54) is 65.8 Å². The molecule has 0 spiro atoms. The van der Waals surface area contributed by atoms with Crippen molar-refractivity contribution in [3.8, 4) is 30.6 Å². The van der Waals surface area contributed by atoms with E-state index >= 15 is 0 Å². The summed E-state index contributed by atoms with van der Waals surface area (Å²) in [6.07, 6.45) is 11.7. The standard InChI is InChI=1S/C39H51N3O2S3/c1-8-12-14-25(10-3)18-27-20-34(45-24(27)5)29-22-31-32(41(6)38(29)43)23-30(39(44)42(31)7)35-21-28(19-26(11-4)15-13-9-2)37(47-35)33-16-17-36(40)46-33/h16-17,20-23,25-26H,8-15,18-19,40H2,1-7H3. The number of hydrogen-bond acceptors (Lipinski definition) is 6. The van der Waals surface area contributed by atoms with Gasteiger partial charge in [0.25, 0.3) is 11.1 Å². The third-order valence-corrected chi connectivity index (χ3v) is 13.4. The summed E-state index contributed by atoms with van der Waals surface area (Å²) in [5, 5.41) is 0.793. The number of fused-ring (bicyclic) bond motifs is 1. The molecule has 0 aliphatic rings. The van der Waals surface area contributed by atoms with Crippen molar-refractivity contribution in [2.45, 2.75) is 98.8 Å². The Morgan fingerprint density at radius 2 is 1.19 bits per heavy atom. The van der Waals surface area contributed by atoms with E-state index in [1.54, 1.807) is 43.1 Å². The van der Waals surface area contributed by atoms with Crippen molar-refractivity contribution in [2.75, 3.05) is 5.73 Å². The lowest BCUT2D eigenvalue weighted by atomic mass is 9.91. The lowest BCUT2D eigenvalue weighted by Gasteiger charge is -2.14. The topological polar surface area (TPSA) is 70.0 Å².